The zero-order chi connectivity index (χ0) is 24.2. The number of amides is 2. The van der Waals surface area contributed by atoms with Crippen LogP contribution in [0, 0.1) is 0 Å². The molecule has 0 spiro atoms. The summed E-state index contributed by atoms with van der Waals surface area (Å²) in [6.07, 6.45) is 1.72. The third-order valence-corrected chi connectivity index (χ3v) is 7.21. The molecule has 35 heavy (non-hydrogen) atoms. The van der Waals surface area contributed by atoms with Gasteiger partial charge in [0.2, 0.25) is 11.8 Å². The second-order valence-corrected chi connectivity index (χ2v) is 9.54. The SMILES string of the molecule is COc1ccc2ccc(OCCN3CCC(NC(=O)c4ccc5c(n4)NC(=O)CS5)CC3)nc2c1. The minimum absolute atomic E-state index is 0.0959. The molecular weight excluding hydrogens is 466 g/mol. The summed E-state index contributed by atoms with van der Waals surface area (Å²) in [6, 6.07) is 13.3. The molecule has 2 aliphatic rings. The van der Waals surface area contributed by atoms with Crippen LogP contribution in [0.3, 0.4) is 0 Å². The molecule has 2 amide bonds. The highest BCUT2D eigenvalue weighted by molar-refractivity contribution is 8.00. The molecule has 2 N–H and O–H groups in total. The van der Waals surface area contributed by atoms with Crippen LogP contribution in [0.4, 0.5) is 5.82 Å². The molecule has 2 aliphatic heterocycles. The number of aromatic nitrogens is 2. The van der Waals surface area contributed by atoms with Gasteiger partial charge < -0.3 is 20.1 Å². The van der Waals surface area contributed by atoms with Gasteiger partial charge >= 0.3 is 0 Å². The van der Waals surface area contributed by atoms with E-state index in [0.29, 0.717) is 29.8 Å². The van der Waals surface area contributed by atoms with E-state index in [2.05, 4.69) is 25.5 Å². The van der Waals surface area contributed by atoms with Crippen molar-refractivity contribution < 1.29 is 19.1 Å². The molecule has 5 rings (SSSR count). The average Bonchev–Trinajstić information content (AvgIpc) is 2.88. The Morgan fingerprint density at radius 3 is 2.83 bits per heavy atom. The van der Waals surface area contributed by atoms with Gasteiger partial charge in [-0.2, -0.15) is 0 Å². The highest BCUT2D eigenvalue weighted by Gasteiger charge is 2.23. The molecule has 0 bridgehead atoms. The number of rotatable bonds is 7. The van der Waals surface area contributed by atoms with E-state index >= 15 is 0 Å². The maximum atomic E-state index is 12.7. The molecule has 2 aromatic heterocycles. The fourth-order valence-corrected chi connectivity index (χ4v) is 4.97. The summed E-state index contributed by atoms with van der Waals surface area (Å²) >= 11 is 1.43. The van der Waals surface area contributed by atoms with Gasteiger partial charge in [0, 0.05) is 43.2 Å². The van der Waals surface area contributed by atoms with Gasteiger partial charge in [-0.15, -0.1) is 11.8 Å². The van der Waals surface area contributed by atoms with Gasteiger partial charge in [0.05, 0.1) is 23.3 Å². The topological polar surface area (TPSA) is 106 Å². The first kappa shape index (κ1) is 23.4. The average molecular weight is 494 g/mol. The summed E-state index contributed by atoms with van der Waals surface area (Å²) in [5, 5.41) is 6.85. The number of benzene rings is 1. The van der Waals surface area contributed by atoms with E-state index in [-0.39, 0.29) is 17.9 Å². The van der Waals surface area contributed by atoms with Crippen LogP contribution in [0.1, 0.15) is 23.3 Å². The molecule has 0 radical (unpaired) electrons. The lowest BCUT2D eigenvalue weighted by Crippen LogP contribution is -2.45. The van der Waals surface area contributed by atoms with Crippen molar-refractivity contribution in [3.05, 3.63) is 48.2 Å². The smallest absolute Gasteiger partial charge is 0.270 e. The minimum Gasteiger partial charge on any atom is -0.497 e. The lowest BCUT2D eigenvalue weighted by atomic mass is 10.0. The second-order valence-electron chi connectivity index (χ2n) is 8.53. The predicted octanol–water partition coefficient (Wildman–Crippen LogP) is 2.96. The molecular formula is C25H27N5O4S. The molecule has 3 aromatic rings. The van der Waals surface area contributed by atoms with E-state index in [9.17, 15) is 9.59 Å². The minimum atomic E-state index is -0.210. The van der Waals surface area contributed by atoms with Gasteiger partial charge in [0.15, 0.2) is 0 Å². The Labute approximate surface area is 207 Å². The molecule has 1 aromatic carbocycles. The highest BCUT2D eigenvalue weighted by Crippen LogP contribution is 2.29. The van der Waals surface area contributed by atoms with Crippen LogP contribution in [-0.2, 0) is 4.79 Å². The number of fused-ring (bicyclic) bond motifs is 2. The van der Waals surface area contributed by atoms with Crippen molar-refractivity contribution in [1.82, 2.24) is 20.2 Å². The van der Waals surface area contributed by atoms with Gasteiger partial charge in [0.25, 0.3) is 5.91 Å². The zero-order valence-electron chi connectivity index (χ0n) is 19.5. The van der Waals surface area contributed by atoms with Crippen LogP contribution < -0.4 is 20.1 Å². The highest BCUT2D eigenvalue weighted by atomic mass is 32.2. The Kier molecular flexibility index (Phi) is 7.01. The largest absolute Gasteiger partial charge is 0.497 e. The maximum absolute atomic E-state index is 12.7. The van der Waals surface area contributed by atoms with Crippen LogP contribution in [-0.4, -0.2) is 71.8 Å². The number of hydrogen-bond acceptors (Lipinski definition) is 8. The monoisotopic (exact) mass is 493 g/mol. The van der Waals surface area contributed by atoms with Crippen LogP contribution in [0.2, 0.25) is 0 Å². The lowest BCUT2D eigenvalue weighted by molar-refractivity contribution is -0.113. The van der Waals surface area contributed by atoms with Crippen molar-refractivity contribution in [2.75, 3.05) is 44.4 Å². The van der Waals surface area contributed by atoms with Gasteiger partial charge in [-0.25, -0.2) is 9.97 Å². The summed E-state index contributed by atoms with van der Waals surface area (Å²) in [5.41, 5.74) is 1.16. The van der Waals surface area contributed by atoms with E-state index in [1.807, 2.05) is 36.4 Å². The fraction of sp³-hybridized carbons (Fsp3) is 0.360. The van der Waals surface area contributed by atoms with Crippen molar-refractivity contribution >= 4 is 40.3 Å². The number of hydrogen-bond donors (Lipinski definition) is 2. The molecule has 1 saturated heterocycles. The summed E-state index contributed by atoms with van der Waals surface area (Å²) < 4.78 is 11.2. The Hall–Kier alpha value is -3.37. The third-order valence-electron chi connectivity index (χ3n) is 6.16. The molecule has 0 saturated carbocycles. The van der Waals surface area contributed by atoms with Gasteiger partial charge in [0.1, 0.15) is 23.9 Å². The van der Waals surface area contributed by atoms with Crippen molar-refractivity contribution in [2.45, 2.75) is 23.8 Å². The summed E-state index contributed by atoms with van der Waals surface area (Å²) in [4.78, 5) is 36.4. The zero-order valence-corrected chi connectivity index (χ0v) is 20.3. The maximum Gasteiger partial charge on any atom is 0.270 e. The van der Waals surface area contributed by atoms with Crippen LogP contribution in [0.15, 0.2) is 47.4 Å². The molecule has 9 nitrogen and oxygen atoms in total. The van der Waals surface area contributed by atoms with Crippen LogP contribution in [0.5, 0.6) is 11.6 Å². The summed E-state index contributed by atoms with van der Waals surface area (Å²) in [5.74, 6) is 1.90. The Morgan fingerprint density at radius 2 is 2.00 bits per heavy atom. The third kappa shape index (κ3) is 5.66. The van der Waals surface area contributed by atoms with E-state index in [1.165, 1.54) is 11.8 Å². The van der Waals surface area contributed by atoms with Crippen molar-refractivity contribution in [3.8, 4) is 11.6 Å². The number of pyridine rings is 2. The van der Waals surface area contributed by atoms with E-state index in [4.69, 9.17) is 9.47 Å². The number of anilines is 1. The fourth-order valence-electron chi connectivity index (χ4n) is 4.22. The van der Waals surface area contributed by atoms with Gasteiger partial charge in [-0.1, -0.05) is 0 Å². The second kappa shape index (κ2) is 10.5. The van der Waals surface area contributed by atoms with Crippen molar-refractivity contribution in [2.24, 2.45) is 0 Å². The first-order chi connectivity index (χ1) is 17.1. The number of piperidine rings is 1. The van der Waals surface area contributed by atoms with Crippen molar-refractivity contribution in [3.63, 3.8) is 0 Å². The van der Waals surface area contributed by atoms with Gasteiger partial charge in [-0.05, 0) is 43.2 Å². The number of nitrogens with zero attached hydrogens (tertiary/aromatic N) is 3. The molecule has 0 unspecified atom stereocenters. The lowest BCUT2D eigenvalue weighted by Gasteiger charge is -2.32. The molecule has 182 valence electrons. The van der Waals surface area contributed by atoms with Crippen LogP contribution in [0.25, 0.3) is 10.9 Å². The Balaban J connectivity index is 1.07. The summed E-state index contributed by atoms with van der Waals surface area (Å²) in [7, 11) is 1.64. The number of ether oxygens (including phenoxy) is 2. The number of likely N-dealkylation sites (tertiary alicyclic amines) is 1. The molecule has 0 atom stereocenters. The Morgan fingerprint density at radius 1 is 1.17 bits per heavy atom. The predicted molar refractivity (Wildman–Crippen MR) is 134 cm³/mol. The first-order valence-electron chi connectivity index (χ1n) is 11.6. The number of nitrogens with one attached hydrogen (secondary N) is 2. The normalized spacial score (nSPS) is 16.4. The molecule has 4 heterocycles. The molecule has 10 heteroatoms. The van der Waals surface area contributed by atoms with E-state index in [1.54, 1.807) is 13.2 Å². The van der Waals surface area contributed by atoms with Crippen LogP contribution >= 0.6 is 11.8 Å². The van der Waals surface area contributed by atoms with Crippen molar-refractivity contribution in [1.29, 1.82) is 0 Å². The number of thioether (sulfide) groups is 1. The standard InChI is InChI=1S/C25H27N5O4S/c1-33-18-4-2-16-3-7-23(27-20(16)14-18)34-13-12-30-10-8-17(9-11-30)26-25(32)19-5-6-21-24(28-19)29-22(31)15-35-21/h2-7,14,17H,8-13,15H2,1H3,(H,26,32)(H,28,29,31). The number of methoxy groups -OCH3 is 1. The number of carbonyl (C=O) groups excluding carboxylic acids is 2. The first-order valence-corrected chi connectivity index (χ1v) is 12.6. The van der Waals surface area contributed by atoms with Gasteiger partial charge in [-0.3, -0.25) is 14.5 Å². The molecule has 1 fully saturated rings. The molecule has 0 aliphatic carbocycles. The summed E-state index contributed by atoms with van der Waals surface area (Å²) in [6.45, 7) is 3.09. The number of carbonyl (C=O) groups is 2. The van der Waals surface area contributed by atoms with E-state index < -0.39 is 0 Å². The Bertz CT molecular complexity index is 1250. The quantitative estimate of drug-likeness (QED) is 0.518. The van der Waals surface area contributed by atoms with E-state index in [0.717, 1.165) is 54.0 Å².